The Hall–Kier alpha value is -2.00. The van der Waals surface area contributed by atoms with Gasteiger partial charge in [0, 0.05) is 12.1 Å². The molecule has 3 N–H and O–H groups in total. The Bertz CT molecular complexity index is 658. The minimum absolute atomic E-state index is 0.0185. The van der Waals surface area contributed by atoms with Gasteiger partial charge in [-0.1, -0.05) is 13.8 Å². The molecule has 0 aromatic heterocycles. The highest BCUT2D eigenvalue weighted by Gasteiger charge is 2.21. The number of carboxylic acid groups (broad SMARTS) is 1. The van der Waals surface area contributed by atoms with Crippen LogP contribution >= 0.6 is 0 Å². The van der Waals surface area contributed by atoms with E-state index >= 15 is 0 Å². The van der Waals surface area contributed by atoms with Crippen LogP contribution in [-0.2, 0) is 14.8 Å². The fourth-order valence-electron chi connectivity index (χ4n) is 1.55. The first-order chi connectivity index (χ1) is 10.7. The zero-order valence-corrected chi connectivity index (χ0v) is 13.6. The van der Waals surface area contributed by atoms with Gasteiger partial charge in [-0.25, -0.2) is 22.3 Å². The van der Waals surface area contributed by atoms with Gasteiger partial charge in [-0.2, -0.15) is 0 Å². The third kappa shape index (κ3) is 5.61. The molecule has 1 unspecified atom stereocenters. The van der Waals surface area contributed by atoms with Crippen LogP contribution < -0.4 is 10.0 Å². The van der Waals surface area contributed by atoms with Gasteiger partial charge in [0.05, 0.1) is 4.90 Å². The molecule has 0 saturated heterocycles. The number of aliphatic carboxylic acids is 1. The maximum atomic E-state index is 12.5. The van der Waals surface area contributed by atoms with Gasteiger partial charge in [0.2, 0.25) is 10.0 Å². The Labute approximate surface area is 133 Å². The van der Waals surface area contributed by atoms with Gasteiger partial charge in [0.1, 0.15) is 6.67 Å². The van der Waals surface area contributed by atoms with Gasteiger partial charge in [0.25, 0.3) is 5.91 Å². The maximum absolute atomic E-state index is 12.5. The van der Waals surface area contributed by atoms with E-state index in [2.05, 4.69) is 4.72 Å². The number of hydrogen-bond acceptors (Lipinski definition) is 4. The molecule has 0 bridgehead atoms. The smallest absolute Gasteiger partial charge is 0.328 e. The molecule has 128 valence electrons. The van der Waals surface area contributed by atoms with E-state index in [-0.39, 0.29) is 22.9 Å². The molecule has 0 aliphatic carbocycles. The number of carbonyl (C=O) groups is 2. The Kier molecular flexibility index (Phi) is 6.64. The SMILES string of the molecule is CC(C)CNS(=O)(=O)c1ccc(C(=O)NC(CF)C(=O)O)cc1. The standard InChI is InChI=1S/C14H19FN2O5S/c1-9(2)8-16-23(21,22)11-5-3-10(4-6-11)13(18)17-12(7-15)14(19)20/h3-6,9,12,16H,7-8H2,1-2H3,(H,17,18)(H,19,20). The third-order valence-corrected chi connectivity index (χ3v) is 4.31. The van der Waals surface area contributed by atoms with E-state index < -0.39 is 34.6 Å². The molecule has 0 heterocycles. The highest BCUT2D eigenvalue weighted by molar-refractivity contribution is 7.89. The van der Waals surface area contributed by atoms with Crippen molar-refractivity contribution in [3.63, 3.8) is 0 Å². The Balaban J connectivity index is 2.84. The molecular weight excluding hydrogens is 327 g/mol. The first kappa shape index (κ1) is 19.0. The van der Waals surface area contributed by atoms with Crippen LogP contribution in [0.3, 0.4) is 0 Å². The van der Waals surface area contributed by atoms with Gasteiger partial charge in [-0.15, -0.1) is 0 Å². The summed E-state index contributed by atoms with van der Waals surface area (Å²) < 4.78 is 38.9. The Morgan fingerprint density at radius 2 is 1.78 bits per heavy atom. The molecule has 1 aromatic rings. The van der Waals surface area contributed by atoms with Crippen LogP contribution in [0, 0.1) is 5.92 Å². The molecule has 9 heteroatoms. The average Bonchev–Trinajstić information content (AvgIpc) is 2.50. The molecule has 0 radical (unpaired) electrons. The predicted molar refractivity (Wildman–Crippen MR) is 81.3 cm³/mol. The summed E-state index contributed by atoms with van der Waals surface area (Å²) in [6, 6.07) is 3.27. The second kappa shape index (κ2) is 8.02. The number of alkyl halides is 1. The van der Waals surface area contributed by atoms with Gasteiger partial charge < -0.3 is 10.4 Å². The van der Waals surface area contributed by atoms with Crippen molar-refractivity contribution in [3.8, 4) is 0 Å². The lowest BCUT2D eigenvalue weighted by molar-refractivity contribution is -0.139. The molecule has 1 amide bonds. The number of benzene rings is 1. The van der Waals surface area contributed by atoms with Crippen LogP contribution in [0.15, 0.2) is 29.2 Å². The van der Waals surface area contributed by atoms with Crippen molar-refractivity contribution in [2.45, 2.75) is 24.8 Å². The molecule has 1 aromatic carbocycles. The summed E-state index contributed by atoms with van der Waals surface area (Å²) in [5.74, 6) is -2.14. The van der Waals surface area contributed by atoms with Gasteiger partial charge in [0.15, 0.2) is 6.04 Å². The number of halogens is 1. The number of amides is 1. The topological polar surface area (TPSA) is 113 Å². The molecule has 23 heavy (non-hydrogen) atoms. The lowest BCUT2D eigenvalue weighted by Gasteiger charge is -2.12. The molecule has 0 fully saturated rings. The molecule has 0 aliphatic heterocycles. The lowest BCUT2D eigenvalue weighted by Crippen LogP contribution is -2.42. The van der Waals surface area contributed by atoms with E-state index in [9.17, 15) is 22.4 Å². The van der Waals surface area contributed by atoms with E-state index in [1.807, 2.05) is 19.2 Å². The van der Waals surface area contributed by atoms with Crippen LogP contribution in [-0.4, -0.2) is 44.7 Å². The molecule has 7 nitrogen and oxygen atoms in total. The second-order valence-electron chi connectivity index (χ2n) is 5.29. The number of carboxylic acids is 1. The van der Waals surface area contributed by atoms with Crippen molar-refractivity contribution >= 4 is 21.9 Å². The number of hydrogen-bond donors (Lipinski definition) is 3. The van der Waals surface area contributed by atoms with Crippen molar-refractivity contribution in [1.29, 1.82) is 0 Å². The summed E-state index contributed by atoms with van der Waals surface area (Å²) >= 11 is 0. The molecule has 1 atom stereocenters. The molecular formula is C14H19FN2O5S. The number of sulfonamides is 1. The fourth-order valence-corrected chi connectivity index (χ4v) is 2.77. The third-order valence-electron chi connectivity index (χ3n) is 2.87. The van der Waals surface area contributed by atoms with Crippen LogP contribution in [0.1, 0.15) is 24.2 Å². The predicted octanol–water partition coefficient (Wildman–Crippen LogP) is 0.773. The van der Waals surface area contributed by atoms with E-state index in [1.165, 1.54) is 24.3 Å². The number of nitrogens with one attached hydrogen (secondary N) is 2. The zero-order valence-electron chi connectivity index (χ0n) is 12.7. The number of carbonyl (C=O) groups excluding carboxylic acids is 1. The first-order valence-corrected chi connectivity index (χ1v) is 8.35. The molecule has 0 spiro atoms. The molecule has 1 rings (SSSR count). The molecule has 0 aliphatic rings. The normalized spacial score (nSPS) is 12.9. The monoisotopic (exact) mass is 346 g/mol. The summed E-state index contributed by atoms with van der Waals surface area (Å²) in [6.07, 6.45) is 0. The Morgan fingerprint density at radius 3 is 2.22 bits per heavy atom. The van der Waals surface area contributed by atoms with Crippen LogP contribution in [0.2, 0.25) is 0 Å². The van der Waals surface area contributed by atoms with Crippen LogP contribution in [0.5, 0.6) is 0 Å². The van der Waals surface area contributed by atoms with E-state index in [4.69, 9.17) is 5.11 Å². The summed E-state index contributed by atoms with van der Waals surface area (Å²) in [4.78, 5) is 22.4. The van der Waals surface area contributed by atoms with E-state index in [0.717, 1.165) is 0 Å². The van der Waals surface area contributed by atoms with Crippen LogP contribution in [0.25, 0.3) is 0 Å². The zero-order chi connectivity index (χ0) is 17.6. The van der Waals surface area contributed by atoms with Gasteiger partial charge in [-0.3, -0.25) is 4.79 Å². The van der Waals surface area contributed by atoms with Gasteiger partial charge in [-0.05, 0) is 30.2 Å². The minimum Gasteiger partial charge on any atom is -0.480 e. The average molecular weight is 346 g/mol. The lowest BCUT2D eigenvalue weighted by atomic mass is 10.2. The van der Waals surface area contributed by atoms with Crippen molar-refractivity contribution in [2.24, 2.45) is 5.92 Å². The summed E-state index contributed by atoms with van der Waals surface area (Å²) in [7, 11) is -3.67. The summed E-state index contributed by atoms with van der Waals surface area (Å²) in [5, 5.41) is 10.7. The van der Waals surface area contributed by atoms with Crippen LogP contribution in [0.4, 0.5) is 4.39 Å². The summed E-state index contributed by atoms with van der Waals surface area (Å²) in [5.41, 5.74) is 0.0347. The highest BCUT2D eigenvalue weighted by Crippen LogP contribution is 2.11. The minimum atomic E-state index is -3.67. The van der Waals surface area contributed by atoms with Crippen molar-refractivity contribution in [2.75, 3.05) is 13.2 Å². The Morgan fingerprint density at radius 1 is 1.22 bits per heavy atom. The van der Waals surface area contributed by atoms with E-state index in [0.29, 0.717) is 0 Å². The fraction of sp³-hybridized carbons (Fsp3) is 0.429. The highest BCUT2D eigenvalue weighted by atomic mass is 32.2. The first-order valence-electron chi connectivity index (χ1n) is 6.86. The quantitative estimate of drug-likeness (QED) is 0.644. The summed E-state index contributed by atoms with van der Waals surface area (Å²) in [6.45, 7) is 2.76. The van der Waals surface area contributed by atoms with E-state index in [1.54, 1.807) is 0 Å². The molecule has 0 saturated carbocycles. The van der Waals surface area contributed by atoms with Crippen molar-refractivity contribution in [1.82, 2.24) is 10.0 Å². The van der Waals surface area contributed by atoms with Gasteiger partial charge >= 0.3 is 5.97 Å². The van der Waals surface area contributed by atoms with Crippen molar-refractivity contribution in [3.05, 3.63) is 29.8 Å². The van der Waals surface area contributed by atoms with Crippen molar-refractivity contribution < 1.29 is 27.5 Å². The second-order valence-corrected chi connectivity index (χ2v) is 7.06. The maximum Gasteiger partial charge on any atom is 0.328 e. The largest absolute Gasteiger partial charge is 0.480 e. The number of rotatable bonds is 8.